The van der Waals surface area contributed by atoms with Crippen molar-refractivity contribution in [2.45, 2.75) is 19.3 Å². The fraction of sp³-hybridized carbons (Fsp3) is 0.600. The van der Waals surface area contributed by atoms with Crippen LogP contribution in [0.4, 0.5) is 5.95 Å². The van der Waals surface area contributed by atoms with Gasteiger partial charge in [0, 0.05) is 25.2 Å². The molecule has 1 unspecified atom stereocenters. The molecule has 0 saturated carbocycles. The van der Waals surface area contributed by atoms with Crippen molar-refractivity contribution in [1.82, 2.24) is 15.3 Å². The summed E-state index contributed by atoms with van der Waals surface area (Å²) in [6, 6.07) is 2.01. The van der Waals surface area contributed by atoms with Crippen LogP contribution in [0.1, 0.15) is 25.0 Å². The molecule has 0 amide bonds. The zero-order valence-electron chi connectivity index (χ0n) is 8.45. The molecular formula is C10H16N4. The van der Waals surface area contributed by atoms with Crippen LogP contribution in [0.3, 0.4) is 0 Å². The Balaban J connectivity index is 2.12. The Bertz CT molecular complexity index is 294. The monoisotopic (exact) mass is 192 g/mol. The Morgan fingerprint density at radius 2 is 2.57 bits per heavy atom. The Morgan fingerprint density at radius 3 is 3.29 bits per heavy atom. The molecule has 1 aliphatic heterocycles. The lowest BCUT2D eigenvalue weighted by molar-refractivity contribution is 0.731. The number of nitrogens with one attached hydrogen (secondary N) is 2. The van der Waals surface area contributed by atoms with Crippen LogP contribution in [-0.4, -0.2) is 29.6 Å². The van der Waals surface area contributed by atoms with E-state index < -0.39 is 0 Å². The minimum Gasteiger partial charge on any atom is -0.354 e. The highest BCUT2D eigenvalue weighted by Crippen LogP contribution is 2.20. The largest absolute Gasteiger partial charge is 0.354 e. The number of anilines is 1. The first-order valence-corrected chi connectivity index (χ1v) is 5.17. The molecule has 0 radical (unpaired) electrons. The van der Waals surface area contributed by atoms with Gasteiger partial charge in [-0.15, -0.1) is 0 Å². The second kappa shape index (κ2) is 4.37. The van der Waals surface area contributed by atoms with E-state index in [1.807, 2.05) is 19.2 Å². The van der Waals surface area contributed by atoms with E-state index in [-0.39, 0.29) is 0 Å². The molecule has 1 aromatic rings. The quantitative estimate of drug-likeness (QED) is 0.749. The topological polar surface area (TPSA) is 49.8 Å². The van der Waals surface area contributed by atoms with Crippen molar-refractivity contribution in [1.29, 1.82) is 0 Å². The summed E-state index contributed by atoms with van der Waals surface area (Å²) in [5, 5.41) is 6.47. The number of nitrogens with zero attached hydrogens (tertiary/aromatic N) is 2. The highest BCUT2D eigenvalue weighted by molar-refractivity contribution is 5.26. The van der Waals surface area contributed by atoms with E-state index in [0.717, 1.165) is 31.3 Å². The lowest BCUT2D eigenvalue weighted by Crippen LogP contribution is -2.10. The molecule has 2 N–H and O–H groups in total. The van der Waals surface area contributed by atoms with Crippen molar-refractivity contribution < 1.29 is 0 Å². The van der Waals surface area contributed by atoms with Gasteiger partial charge in [-0.25, -0.2) is 9.97 Å². The lowest BCUT2D eigenvalue weighted by atomic mass is 10.1. The summed E-state index contributed by atoms with van der Waals surface area (Å²) < 4.78 is 0. The van der Waals surface area contributed by atoms with Crippen molar-refractivity contribution in [3.63, 3.8) is 0 Å². The van der Waals surface area contributed by atoms with Gasteiger partial charge in [0.25, 0.3) is 0 Å². The van der Waals surface area contributed by atoms with Crippen LogP contribution in [0, 0.1) is 0 Å². The minimum atomic E-state index is 0.565. The maximum Gasteiger partial charge on any atom is 0.222 e. The third kappa shape index (κ3) is 2.01. The fourth-order valence-electron chi connectivity index (χ4n) is 1.75. The van der Waals surface area contributed by atoms with E-state index in [9.17, 15) is 0 Å². The molecule has 2 rings (SSSR count). The van der Waals surface area contributed by atoms with Crippen LogP contribution in [0.15, 0.2) is 12.3 Å². The Kier molecular flexibility index (Phi) is 2.93. The highest BCUT2D eigenvalue weighted by atomic mass is 15.1. The van der Waals surface area contributed by atoms with Crippen molar-refractivity contribution in [2.24, 2.45) is 0 Å². The molecular weight excluding hydrogens is 176 g/mol. The maximum absolute atomic E-state index is 4.48. The third-order valence-corrected chi connectivity index (χ3v) is 2.49. The van der Waals surface area contributed by atoms with Crippen molar-refractivity contribution in [3.05, 3.63) is 18.0 Å². The Morgan fingerprint density at radius 1 is 1.64 bits per heavy atom. The van der Waals surface area contributed by atoms with Crippen molar-refractivity contribution in [3.8, 4) is 0 Å². The second-order valence-electron chi connectivity index (χ2n) is 3.53. The lowest BCUT2D eigenvalue weighted by Gasteiger charge is -2.08. The summed E-state index contributed by atoms with van der Waals surface area (Å²) >= 11 is 0. The van der Waals surface area contributed by atoms with E-state index >= 15 is 0 Å². The van der Waals surface area contributed by atoms with Gasteiger partial charge in [0.1, 0.15) is 0 Å². The number of aromatic nitrogens is 2. The van der Waals surface area contributed by atoms with Crippen molar-refractivity contribution in [2.75, 3.05) is 25.0 Å². The fourth-order valence-corrected chi connectivity index (χ4v) is 1.75. The third-order valence-electron chi connectivity index (χ3n) is 2.49. The highest BCUT2D eigenvalue weighted by Gasteiger charge is 2.17. The molecule has 4 nitrogen and oxygen atoms in total. The van der Waals surface area contributed by atoms with Gasteiger partial charge in [-0.2, -0.15) is 0 Å². The molecule has 4 heteroatoms. The summed E-state index contributed by atoms with van der Waals surface area (Å²) in [6.07, 6.45) is 3.02. The van der Waals surface area contributed by atoms with Gasteiger partial charge in [-0.05, 0) is 26.0 Å². The van der Waals surface area contributed by atoms with E-state index in [1.165, 1.54) is 6.42 Å². The van der Waals surface area contributed by atoms with Gasteiger partial charge in [0.2, 0.25) is 5.95 Å². The minimum absolute atomic E-state index is 0.565. The van der Waals surface area contributed by atoms with Gasteiger partial charge >= 0.3 is 0 Å². The molecule has 1 aromatic heterocycles. The van der Waals surface area contributed by atoms with E-state index in [2.05, 4.69) is 20.6 Å². The Hall–Kier alpha value is -1.16. The first-order valence-electron chi connectivity index (χ1n) is 5.17. The first-order chi connectivity index (χ1) is 6.90. The Labute approximate surface area is 84.2 Å². The molecule has 1 aliphatic rings. The molecule has 1 atom stereocenters. The molecule has 1 saturated heterocycles. The predicted octanol–water partition coefficient (Wildman–Crippen LogP) is 0.985. The van der Waals surface area contributed by atoms with Crippen LogP contribution in [-0.2, 0) is 0 Å². The molecule has 0 spiro atoms. The summed E-state index contributed by atoms with van der Waals surface area (Å²) in [5.74, 6) is 1.31. The number of hydrogen-bond acceptors (Lipinski definition) is 4. The molecule has 76 valence electrons. The van der Waals surface area contributed by atoms with Gasteiger partial charge in [-0.3, -0.25) is 0 Å². The van der Waals surface area contributed by atoms with Gasteiger partial charge < -0.3 is 10.6 Å². The molecule has 1 fully saturated rings. The molecule has 0 aliphatic carbocycles. The summed E-state index contributed by atoms with van der Waals surface area (Å²) in [6.45, 7) is 5.06. The van der Waals surface area contributed by atoms with Gasteiger partial charge in [-0.1, -0.05) is 0 Å². The van der Waals surface area contributed by atoms with Crippen LogP contribution >= 0.6 is 0 Å². The van der Waals surface area contributed by atoms with E-state index in [1.54, 1.807) is 0 Å². The average Bonchev–Trinajstić information content (AvgIpc) is 2.71. The standard InChI is InChI=1S/C10H16N4/c1-2-12-10-13-6-4-9(14-10)8-3-5-11-7-8/h4,6,8,11H,2-3,5,7H2,1H3,(H,12,13,14). The molecule has 0 aromatic carbocycles. The zero-order valence-corrected chi connectivity index (χ0v) is 8.45. The maximum atomic E-state index is 4.48. The molecule has 0 bridgehead atoms. The zero-order chi connectivity index (χ0) is 9.80. The van der Waals surface area contributed by atoms with Crippen LogP contribution < -0.4 is 10.6 Å². The van der Waals surface area contributed by atoms with Crippen LogP contribution in [0.25, 0.3) is 0 Å². The number of hydrogen-bond donors (Lipinski definition) is 2. The first kappa shape index (κ1) is 9.40. The SMILES string of the molecule is CCNc1nccc(C2CCNC2)n1. The van der Waals surface area contributed by atoms with Gasteiger partial charge in [0.15, 0.2) is 0 Å². The van der Waals surface area contributed by atoms with Crippen molar-refractivity contribution >= 4 is 5.95 Å². The summed E-state index contributed by atoms with van der Waals surface area (Å²) in [5.41, 5.74) is 1.15. The summed E-state index contributed by atoms with van der Waals surface area (Å²) in [7, 11) is 0. The predicted molar refractivity (Wildman–Crippen MR) is 56.4 cm³/mol. The number of rotatable bonds is 3. The molecule has 14 heavy (non-hydrogen) atoms. The van der Waals surface area contributed by atoms with Crippen LogP contribution in [0.2, 0.25) is 0 Å². The molecule has 2 heterocycles. The normalized spacial score (nSPS) is 21.1. The van der Waals surface area contributed by atoms with E-state index in [4.69, 9.17) is 0 Å². The average molecular weight is 192 g/mol. The van der Waals surface area contributed by atoms with E-state index in [0.29, 0.717) is 5.92 Å². The smallest absolute Gasteiger partial charge is 0.222 e. The van der Waals surface area contributed by atoms with Gasteiger partial charge in [0.05, 0.1) is 5.69 Å². The van der Waals surface area contributed by atoms with Crippen LogP contribution in [0.5, 0.6) is 0 Å². The second-order valence-corrected chi connectivity index (χ2v) is 3.53. The summed E-state index contributed by atoms with van der Waals surface area (Å²) in [4.78, 5) is 8.64.